The van der Waals surface area contributed by atoms with Crippen LogP contribution in [0, 0.1) is 0 Å². The molecule has 23 heavy (non-hydrogen) atoms. The number of hydrogen-bond acceptors (Lipinski definition) is 3. The van der Waals surface area contributed by atoms with Crippen LogP contribution in [0.2, 0.25) is 0 Å². The van der Waals surface area contributed by atoms with Crippen molar-refractivity contribution in [1.29, 1.82) is 0 Å². The number of aromatic nitrogens is 1. The number of halogens is 1. The maximum atomic E-state index is 12.8. The molecule has 1 aromatic carbocycles. The maximum absolute atomic E-state index is 12.8. The summed E-state index contributed by atoms with van der Waals surface area (Å²) in [6, 6.07) is 13.1. The van der Waals surface area contributed by atoms with Crippen LogP contribution in [0.5, 0.6) is 0 Å². The van der Waals surface area contributed by atoms with E-state index in [0.717, 1.165) is 19.6 Å². The van der Waals surface area contributed by atoms with Crippen LogP contribution in [0.3, 0.4) is 0 Å². The molecule has 1 amide bonds. The summed E-state index contributed by atoms with van der Waals surface area (Å²) in [5.74, 6) is -0.246. The minimum absolute atomic E-state index is 0.182. The number of para-hydroxylation sites is 1. The number of nitrogens with one attached hydrogen (secondary N) is 1. The average molecular weight is 391 g/mol. The SMILES string of the molecule is CCN(Cc1ccc(Br)s1)C(=O)c1cc2ccccc2[nH]c1=O. The fraction of sp³-hybridized carbons (Fsp3) is 0.176. The van der Waals surface area contributed by atoms with Crippen LogP contribution in [0.4, 0.5) is 0 Å². The standard InChI is InChI=1S/C17H15BrN2O2S/c1-2-20(10-12-7-8-15(18)23-12)17(22)13-9-11-5-3-4-6-14(11)19-16(13)21/h3-9H,2,10H2,1H3,(H,19,21). The summed E-state index contributed by atoms with van der Waals surface area (Å²) in [5.41, 5.74) is 0.569. The van der Waals surface area contributed by atoms with Gasteiger partial charge in [0.1, 0.15) is 5.56 Å². The Kier molecular flexibility index (Phi) is 4.63. The molecule has 0 unspecified atom stereocenters. The quantitative estimate of drug-likeness (QED) is 0.731. The average Bonchev–Trinajstić information content (AvgIpc) is 2.96. The number of rotatable bonds is 4. The van der Waals surface area contributed by atoms with Crippen molar-refractivity contribution < 1.29 is 4.79 Å². The lowest BCUT2D eigenvalue weighted by Crippen LogP contribution is -2.34. The third-order valence-electron chi connectivity index (χ3n) is 3.63. The number of pyridine rings is 1. The molecule has 2 heterocycles. The topological polar surface area (TPSA) is 53.2 Å². The summed E-state index contributed by atoms with van der Waals surface area (Å²) < 4.78 is 1.03. The normalized spacial score (nSPS) is 10.9. The lowest BCUT2D eigenvalue weighted by molar-refractivity contribution is 0.0752. The van der Waals surface area contributed by atoms with Crippen molar-refractivity contribution in [3.8, 4) is 0 Å². The number of benzene rings is 1. The van der Waals surface area contributed by atoms with E-state index >= 15 is 0 Å². The van der Waals surface area contributed by atoms with Gasteiger partial charge in [0.15, 0.2) is 0 Å². The third-order valence-corrected chi connectivity index (χ3v) is 5.24. The number of thiophene rings is 1. The molecule has 2 aromatic heterocycles. The van der Waals surface area contributed by atoms with Crippen LogP contribution in [-0.2, 0) is 6.54 Å². The van der Waals surface area contributed by atoms with Gasteiger partial charge in [0.25, 0.3) is 11.5 Å². The van der Waals surface area contributed by atoms with E-state index in [-0.39, 0.29) is 17.0 Å². The first kappa shape index (κ1) is 16.0. The molecule has 0 saturated carbocycles. The lowest BCUT2D eigenvalue weighted by Gasteiger charge is -2.20. The summed E-state index contributed by atoms with van der Waals surface area (Å²) in [5, 5.41) is 0.852. The Hall–Kier alpha value is -1.92. The Balaban J connectivity index is 1.94. The Bertz CT molecular complexity index is 916. The summed E-state index contributed by atoms with van der Waals surface area (Å²) in [6.07, 6.45) is 0. The molecule has 4 nitrogen and oxygen atoms in total. The van der Waals surface area contributed by atoms with Crippen molar-refractivity contribution in [2.75, 3.05) is 6.54 Å². The number of hydrogen-bond donors (Lipinski definition) is 1. The van der Waals surface area contributed by atoms with Crippen molar-refractivity contribution in [3.63, 3.8) is 0 Å². The highest BCUT2D eigenvalue weighted by atomic mass is 79.9. The fourth-order valence-electron chi connectivity index (χ4n) is 2.43. The number of carbonyl (C=O) groups is 1. The van der Waals surface area contributed by atoms with Gasteiger partial charge < -0.3 is 9.88 Å². The highest BCUT2D eigenvalue weighted by Gasteiger charge is 2.19. The molecule has 0 radical (unpaired) electrons. The van der Waals surface area contributed by atoms with Gasteiger partial charge in [0.05, 0.1) is 10.3 Å². The molecule has 118 valence electrons. The molecule has 3 rings (SSSR count). The molecule has 0 aliphatic carbocycles. The summed E-state index contributed by atoms with van der Waals surface area (Å²) in [7, 11) is 0. The zero-order valence-corrected chi connectivity index (χ0v) is 14.9. The molecule has 6 heteroatoms. The van der Waals surface area contributed by atoms with Crippen LogP contribution in [0.25, 0.3) is 10.9 Å². The Morgan fingerprint density at radius 3 is 2.74 bits per heavy atom. The smallest absolute Gasteiger partial charge is 0.261 e. The first-order valence-electron chi connectivity index (χ1n) is 7.24. The van der Waals surface area contributed by atoms with Gasteiger partial charge in [0.2, 0.25) is 0 Å². The number of H-pyrrole nitrogens is 1. The Morgan fingerprint density at radius 2 is 2.04 bits per heavy atom. The second-order valence-corrected chi connectivity index (χ2v) is 7.67. The van der Waals surface area contributed by atoms with E-state index < -0.39 is 0 Å². The number of nitrogens with zero attached hydrogens (tertiary/aromatic N) is 1. The molecule has 0 bridgehead atoms. The first-order chi connectivity index (χ1) is 11.1. The van der Waals surface area contributed by atoms with Gasteiger partial charge in [0, 0.05) is 16.9 Å². The van der Waals surface area contributed by atoms with Crippen molar-refractivity contribution in [2.24, 2.45) is 0 Å². The highest BCUT2D eigenvalue weighted by Crippen LogP contribution is 2.23. The van der Waals surface area contributed by atoms with Crippen LogP contribution in [-0.4, -0.2) is 22.3 Å². The molecule has 0 aliphatic rings. The Morgan fingerprint density at radius 1 is 1.26 bits per heavy atom. The minimum Gasteiger partial charge on any atom is -0.334 e. The van der Waals surface area contributed by atoms with Crippen LogP contribution < -0.4 is 5.56 Å². The van der Waals surface area contributed by atoms with Gasteiger partial charge in [-0.2, -0.15) is 0 Å². The van der Waals surface area contributed by atoms with E-state index in [0.29, 0.717) is 13.1 Å². The first-order valence-corrected chi connectivity index (χ1v) is 8.85. The summed E-state index contributed by atoms with van der Waals surface area (Å²) >= 11 is 5.01. The van der Waals surface area contributed by atoms with E-state index in [9.17, 15) is 9.59 Å². The van der Waals surface area contributed by atoms with Gasteiger partial charge in [-0.15, -0.1) is 11.3 Å². The fourth-order valence-corrected chi connectivity index (χ4v) is 3.93. The molecule has 0 saturated heterocycles. The molecule has 0 fully saturated rings. The molecule has 3 aromatic rings. The second-order valence-electron chi connectivity index (χ2n) is 5.12. The summed E-state index contributed by atoms with van der Waals surface area (Å²) in [6.45, 7) is 2.95. The number of fused-ring (bicyclic) bond motifs is 1. The van der Waals surface area contributed by atoms with Crippen molar-refractivity contribution in [2.45, 2.75) is 13.5 Å². The van der Waals surface area contributed by atoms with Crippen molar-refractivity contribution in [3.05, 3.63) is 67.0 Å². The van der Waals surface area contributed by atoms with Crippen molar-refractivity contribution in [1.82, 2.24) is 9.88 Å². The van der Waals surface area contributed by atoms with Crippen LogP contribution in [0.1, 0.15) is 22.2 Å². The predicted octanol–water partition coefficient (Wildman–Crippen LogP) is 4.01. The largest absolute Gasteiger partial charge is 0.334 e. The predicted molar refractivity (Wildman–Crippen MR) is 97.0 cm³/mol. The van der Waals surface area contributed by atoms with Crippen LogP contribution >= 0.6 is 27.3 Å². The van der Waals surface area contributed by atoms with E-state index in [4.69, 9.17) is 0 Å². The van der Waals surface area contributed by atoms with Gasteiger partial charge in [-0.1, -0.05) is 18.2 Å². The molecular weight excluding hydrogens is 376 g/mol. The second kappa shape index (κ2) is 6.68. The van der Waals surface area contributed by atoms with E-state index in [1.165, 1.54) is 0 Å². The van der Waals surface area contributed by atoms with Gasteiger partial charge in [-0.3, -0.25) is 9.59 Å². The number of amides is 1. The van der Waals surface area contributed by atoms with E-state index in [1.54, 1.807) is 22.3 Å². The Labute approximate surface area is 145 Å². The monoisotopic (exact) mass is 390 g/mol. The van der Waals surface area contributed by atoms with Gasteiger partial charge in [-0.25, -0.2) is 0 Å². The minimum atomic E-state index is -0.348. The summed E-state index contributed by atoms with van der Waals surface area (Å²) in [4.78, 5) is 30.5. The molecule has 0 spiro atoms. The molecular formula is C17H15BrN2O2S. The van der Waals surface area contributed by atoms with Gasteiger partial charge in [-0.05, 0) is 52.5 Å². The van der Waals surface area contributed by atoms with E-state index in [2.05, 4.69) is 20.9 Å². The molecule has 0 aliphatic heterocycles. The van der Waals surface area contributed by atoms with Crippen LogP contribution in [0.15, 0.2) is 51.0 Å². The van der Waals surface area contributed by atoms with E-state index in [1.807, 2.05) is 43.3 Å². The maximum Gasteiger partial charge on any atom is 0.261 e. The number of aromatic amines is 1. The molecule has 1 N–H and O–H groups in total. The third kappa shape index (κ3) is 3.38. The van der Waals surface area contributed by atoms with Crippen molar-refractivity contribution >= 4 is 44.1 Å². The van der Waals surface area contributed by atoms with Gasteiger partial charge >= 0.3 is 0 Å². The zero-order valence-electron chi connectivity index (χ0n) is 12.5. The molecule has 0 atom stereocenters. The zero-order chi connectivity index (χ0) is 16.4. The number of carbonyl (C=O) groups excluding carboxylic acids is 1. The highest BCUT2D eigenvalue weighted by molar-refractivity contribution is 9.11. The lowest BCUT2D eigenvalue weighted by atomic mass is 10.1.